The monoisotopic (exact) mass is 343 g/mol. The molecule has 0 unspecified atom stereocenters. The highest BCUT2D eigenvalue weighted by Gasteiger charge is 2.22. The summed E-state index contributed by atoms with van der Waals surface area (Å²) in [5.74, 6) is 0.977. The summed E-state index contributed by atoms with van der Waals surface area (Å²) in [5.41, 5.74) is 3.21. The Kier molecular flexibility index (Phi) is 3.97. The molecule has 1 aliphatic heterocycles. The third kappa shape index (κ3) is 2.57. The van der Waals surface area contributed by atoms with Crippen molar-refractivity contribution in [2.45, 2.75) is 20.8 Å². The summed E-state index contributed by atoms with van der Waals surface area (Å²) in [5, 5.41) is 4.52. The molecule has 7 heteroatoms. The molecule has 4 rings (SSSR count). The number of pyridine rings is 1. The molecule has 126 valence electrons. The second kappa shape index (κ2) is 6.14. The average molecular weight is 343 g/mol. The zero-order valence-corrected chi connectivity index (χ0v) is 15.0. The Bertz CT molecular complexity index is 901. The molecule has 0 amide bonds. The van der Waals surface area contributed by atoms with E-state index in [0.29, 0.717) is 12.6 Å². The lowest BCUT2D eigenvalue weighted by Crippen LogP contribution is -2.44. The van der Waals surface area contributed by atoms with E-state index < -0.39 is 0 Å². The molecule has 24 heavy (non-hydrogen) atoms. The van der Waals surface area contributed by atoms with Crippen LogP contribution in [0.15, 0.2) is 6.07 Å². The molecule has 6 nitrogen and oxygen atoms in total. The van der Waals surface area contributed by atoms with Crippen molar-refractivity contribution in [2.75, 3.05) is 37.7 Å². The number of nitrogens with one attached hydrogen (secondary N) is 1. The lowest BCUT2D eigenvalue weighted by molar-refractivity contribution is 0.314. The van der Waals surface area contributed by atoms with Gasteiger partial charge in [0.1, 0.15) is 10.3 Å². The van der Waals surface area contributed by atoms with E-state index in [1.165, 1.54) is 5.56 Å². The SMILES string of the molecule is CCOc1nc(N2CCNCC2)c2sc3nc(C)cc(C)c3c2n1. The molecule has 0 atom stereocenters. The van der Waals surface area contributed by atoms with Crippen LogP contribution < -0.4 is 15.0 Å². The van der Waals surface area contributed by atoms with Gasteiger partial charge in [0.15, 0.2) is 5.82 Å². The van der Waals surface area contributed by atoms with Crippen LogP contribution in [0.1, 0.15) is 18.2 Å². The van der Waals surface area contributed by atoms with Crippen LogP contribution in [0.25, 0.3) is 20.4 Å². The van der Waals surface area contributed by atoms with Gasteiger partial charge >= 0.3 is 6.01 Å². The molecule has 0 saturated carbocycles. The molecule has 0 radical (unpaired) electrons. The Hall–Kier alpha value is -1.99. The van der Waals surface area contributed by atoms with Gasteiger partial charge < -0.3 is 15.0 Å². The van der Waals surface area contributed by atoms with Crippen LogP contribution in [0.5, 0.6) is 6.01 Å². The van der Waals surface area contributed by atoms with Crippen LogP contribution in [-0.4, -0.2) is 47.7 Å². The summed E-state index contributed by atoms with van der Waals surface area (Å²) < 4.78 is 6.75. The first kappa shape index (κ1) is 15.5. The van der Waals surface area contributed by atoms with Gasteiger partial charge in [0.2, 0.25) is 0 Å². The number of piperazine rings is 1. The molecule has 1 aliphatic rings. The second-order valence-electron chi connectivity index (χ2n) is 6.04. The number of hydrogen-bond donors (Lipinski definition) is 1. The number of fused-ring (bicyclic) bond motifs is 3. The molecule has 4 heterocycles. The van der Waals surface area contributed by atoms with E-state index in [-0.39, 0.29) is 0 Å². The number of hydrogen-bond acceptors (Lipinski definition) is 7. The van der Waals surface area contributed by atoms with Crippen molar-refractivity contribution in [1.82, 2.24) is 20.3 Å². The number of thiophene rings is 1. The van der Waals surface area contributed by atoms with Gasteiger partial charge in [0.05, 0.1) is 11.3 Å². The first-order valence-corrected chi connectivity index (χ1v) is 9.16. The van der Waals surface area contributed by atoms with Gasteiger partial charge in [0.25, 0.3) is 0 Å². The van der Waals surface area contributed by atoms with Crippen LogP contribution in [0.3, 0.4) is 0 Å². The first-order valence-electron chi connectivity index (χ1n) is 8.34. The van der Waals surface area contributed by atoms with Crippen molar-refractivity contribution in [3.05, 3.63) is 17.3 Å². The molecule has 3 aromatic rings. The summed E-state index contributed by atoms with van der Waals surface area (Å²) in [4.78, 5) is 17.5. The maximum absolute atomic E-state index is 5.65. The number of aromatic nitrogens is 3. The zero-order valence-electron chi connectivity index (χ0n) is 14.2. The van der Waals surface area contributed by atoms with Crippen molar-refractivity contribution < 1.29 is 4.74 Å². The van der Waals surface area contributed by atoms with Gasteiger partial charge in [-0.2, -0.15) is 9.97 Å². The number of anilines is 1. The van der Waals surface area contributed by atoms with Crippen molar-refractivity contribution in [3.8, 4) is 6.01 Å². The van der Waals surface area contributed by atoms with E-state index in [4.69, 9.17) is 19.7 Å². The van der Waals surface area contributed by atoms with Crippen LogP contribution >= 0.6 is 11.3 Å². The molecule has 0 aromatic carbocycles. The van der Waals surface area contributed by atoms with Gasteiger partial charge in [-0.1, -0.05) is 0 Å². The van der Waals surface area contributed by atoms with Gasteiger partial charge in [-0.15, -0.1) is 11.3 Å². The third-order valence-corrected chi connectivity index (χ3v) is 5.33. The highest BCUT2D eigenvalue weighted by Crippen LogP contribution is 2.39. The Morgan fingerprint density at radius 2 is 2.00 bits per heavy atom. The summed E-state index contributed by atoms with van der Waals surface area (Å²) in [7, 11) is 0. The summed E-state index contributed by atoms with van der Waals surface area (Å²) in [6, 6.07) is 2.57. The van der Waals surface area contributed by atoms with Crippen molar-refractivity contribution >= 4 is 37.6 Å². The first-order chi connectivity index (χ1) is 11.7. The molecule has 1 fully saturated rings. The van der Waals surface area contributed by atoms with E-state index in [1.54, 1.807) is 11.3 Å². The average Bonchev–Trinajstić information content (AvgIpc) is 2.93. The minimum Gasteiger partial charge on any atom is -0.464 e. The highest BCUT2D eigenvalue weighted by molar-refractivity contribution is 7.26. The number of ether oxygens (including phenoxy) is 1. The van der Waals surface area contributed by atoms with Crippen LogP contribution in [0.4, 0.5) is 5.82 Å². The van der Waals surface area contributed by atoms with Crippen LogP contribution in [-0.2, 0) is 0 Å². The number of rotatable bonds is 3. The lowest BCUT2D eigenvalue weighted by atomic mass is 10.1. The second-order valence-corrected chi connectivity index (χ2v) is 7.04. The van der Waals surface area contributed by atoms with Gasteiger partial charge in [-0.05, 0) is 32.4 Å². The smallest absolute Gasteiger partial charge is 0.319 e. The Balaban J connectivity index is 2.00. The minimum atomic E-state index is 0.457. The molecule has 3 aromatic heterocycles. The van der Waals surface area contributed by atoms with Crippen molar-refractivity contribution in [3.63, 3.8) is 0 Å². The summed E-state index contributed by atoms with van der Waals surface area (Å²) in [6.45, 7) is 10.5. The minimum absolute atomic E-state index is 0.457. The van der Waals surface area contributed by atoms with Crippen LogP contribution in [0.2, 0.25) is 0 Å². The van der Waals surface area contributed by atoms with Crippen molar-refractivity contribution in [1.29, 1.82) is 0 Å². The van der Waals surface area contributed by atoms with E-state index >= 15 is 0 Å². The van der Waals surface area contributed by atoms with E-state index in [1.807, 2.05) is 13.8 Å². The predicted molar refractivity (Wildman–Crippen MR) is 98.4 cm³/mol. The largest absolute Gasteiger partial charge is 0.464 e. The maximum atomic E-state index is 5.65. The fraction of sp³-hybridized carbons (Fsp3) is 0.471. The maximum Gasteiger partial charge on any atom is 0.319 e. The normalized spacial score (nSPS) is 15.4. The zero-order chi connectivity index (χ0) is 16.7. The highest BCUT2D eigenvalue weighted by atomic mass is 32.1. The summed E-state index contributed by atoms with van der Waals surface area (Å²) >= 11 is 1.68. The summed E-state index contributed by atoms with van der Waals surface area (Å²) in [6.07, 6.45) is 0. The lowest BCUT2D eigenvalue weighted by Gasteiger charge is -2.28. The Morgan fingerprint density at radius 1 is 1.21 bits per heavy atom. The van der Waals surface area contributed by atoms with E-state index in [0.717, 1.165) is 58.1 Å². The molecule has 0 spiro atoms. The van der Waals surface area contributed by atoms with Crippen molar-refractivity contribution in [2.24, 2.45) is 0 Å². The van der Waals surface area contributed by atoms with E-state index in [9.17, 15) is 0 Å². The quantitative estimate of drug-likeness (QED) is 0.789. The number of nitrogens with zero attached hydrogens (tertiary/aromatic N) is 4. The number of aryl methyl sites for hydroxylation is 2. The molecule has 1 saturated heterocycles. The Labute approximate surface area is 144 Å². The fourth-order valence-corrected chi connectivity index (χ4v) is 4.48. The fourth-order valence-electron chi connectivity index (χ4n) is 3.23. The van der Waals surface area contributed by atoms with E-state index in [2.05, 4.69) is 23.2 Å². The standard InChI is InChI=1S/C17H21N5OS/c1-4-23-17-20-13-12-10(2)9-11(3)19-16(12)24-14(13)15(21-17)22-7-5-18-6-8-22/h9,18H,4-8H2,1-3H3. The van der Waals surface area contributed by atoms with Gasteiger partial charge in [-0.3, -0.25) is 0 Å². The predicted octanol–water partition coefficient (Wildman–Crippen LogP) is 2.66. The molecule has 0 aliphatic carbocycles. The molecular weight excluding hydrogens is 322 g/mol. The van der Waals surface area contributed by atoms with Gasteiger partial charge in [0, 0.05) is 37.3 Å². The molecule has 0 bridgehead atoms. The Morgan fingerprint density at radius 3 is 2.75 bits per heavy atom. The third-order valence-electron chi connectivity index (χ3n) is 4.26. The van der Waals surface area contributed by atoms with Gasteiger partial charge in [-0.25, -0.2) is 4.98 Å². The topological polar surface area (TPSA) is 63.2 Å². The molecule has 1 N–H and O–H groups in total. The van der Waals surface area contributed by atoms with Crippen LogP contribution in [0, 0.1) is 13.8 Å². The molecular formula is C17H21N5OS.